The molecule has 106 valence electrons. The van der Waals surface area contributed by atoms with E-state index in [0.717, 1.165) is 37.7 Å². The molecule has 1 saturated carbocycles. The summed E-state index contributed by atoms with van der Waals surface area (Å²) in [5.41, 5.74) is 8.29. The highest BCUT2D eigenvalue weighted by Crippen LogP contribution is 2.34. The van der Waals surface area contributed by atoms with Crippen molar-refractivity contribution < 1.29 is 4.52 Å². The maximum Gasteiger partial charge on any atom is 0.247 e. The van der Waals surface area contributed by atoms with Gasteiger partial charge in [0, 0.05) is 5.56 Å². The molecular weight excluding hydrogens is 250 g/mol. The molecule has 3 rings (SSSR count). The molecule has 1 aromatic heterocycles. The average molecular weight is 271 g/mol. The van der Waals surface area contributed by atoms with Crippen molar-refractivity contribution in [2.24, 2.45) is 5.73 Å². The van der Waals surface area contributed by atoms with E-state index in [1.807, 2.05) is 12.1 Å². The number of rotatable bonds is 3. The lowest BCUT2D eigenvalue weighted by atomic mass is 9.82. The lowest BCUT2D eigenvalue weighted by Gasteiger charge is -2.29. The summed E-state index contributed by atoms with van der Waals surface area (Å²) in [6, 6.07) is 8.28. The number of nitrogens with two attached hydrogens (primary N) is 1. The van der Waals surface area contributed by atoms with Crippen LogP contribution in [-0.2, 0) is 12.0 Å². The molecule has 0 aliphatic heterocycles. The molecular formula is C16H21N3O. The van der Waals surface area contributed by atoms with Crippen LogP contribution in [0.3, 0.4) is 0 Å². The van der Waals surface area contributed by atoms with Gasteiger partial charge in [0.2, 0.25) is 11.7 Å². The van der Waals surface area contributed by atoms with Crippen LogP contribution >= 0.6 is 0 Å². The first kappa shape index (κ1) is 13.3. The summed E-state index contributed by atoms with van der Waals surface area (Å²) in [6.45, 7) is 2.14. The molecule has 2 N–H and O–H groups in total. The topological polar surface area (TPSA) is 64.9 Å². The van der Waals surface area contributed by atoms with Gasteiger partial charge in [-0.25, -0.2) is 0 Å². The van der Waals surface area contributed by atoms with Crippen LogP contribution in [-0.4, -0.2) is 10.1 Å². The lowest BCUT2D eigenvalue weighted by molar-refractivity contribution is 0.220. The smallest absolute Gasteiger partial charge is 0.247 e. The number of aromatic nitrogens is 2. The van der Waals surface area contributed by atoms with Gasteiger partial charge < -0.3 is 10.3 Å². The van der Waals surface area contributed by atoms with Crippen LogP contribution in [0.2, 0.25) is 0 Å². The maximum atomic E-state index is 6.42. The van der Waals surface area contributed by atoms with Gasteiger partial charge in [0.05, 0.1) is 5.54 Å². The Morgan fingerprint density at radius 1 is 1.15 bits per heavy atom. The molecule has 0 radical (unpaired) electrons. The number of aryl methyl sites for hydroxylation is 1. The van der Waals surface area contributed by atoms with Crippen LogP contribution in [0.5, 0.6) is 0 Å². The van der Waals surface area contributed by atoms with Crippen molar-refractivity contribution in [3.63, 3.8) is 0 Å². The Bertz CT molecular complexity index is 568. The molecule has 1 fully saturated rings. The van der Waals surface area contributed by atoms with Crippen molar-refractivity contribution in [3.05, 3.63) is 35.7 Å². The molecule has 1 aliphatic carbocycles. The van der Waals surface area contributed by atoms with Crippen LogP contribution in [0.15, 0.2) is 28.8 Å². The highest BCUT2D eigenvalue weighted by atomic mass is 16.5. The fraction of sp³-hybridized carbons (Fsp3) is 0.500. The third-order valence-electron chi connectivity index (χ3n) is 4.22. The van der Waals surface area contributed by atoms with Gasteiger partial charge in [-0.3, -0.25) is 0 Å². The molecule has 4 nitrogen and oxygen atoms in total. The van der Waals surface area contributed by atoms with Gasteiger partial charge in [0.1, 0.15) is 0 Å². The highest BCUT2D eigenvalue weighted by molar-refractivity contribution is 5.54. The Morgan fingerprint density at radius 2 is 1.85 bits per heavy atom. The largest absolute Gasteiger partial charge is 0.337 e. The van der Waals surface area contributed by atoms with Crippen molar-refractivity contribution in [1.29, 1.82) is 0 Å². The maximum absolute atomic E-state index is 6.42. The first-order chi connectivity index (χ1) is 9.71. The third kappa shape index (κ3) is 2.48. The zero-order chi connectivity index (χ0) is 14.0. The molecule has 4 heteroatoms. The van der Waals surface area contributed by atoms with Crippen molar-refractivity contribution in [2.75, 3.05) is 0 Å². The van der Waals surface area contributed by atoms with Crippen LogP contribution < -0.4 is 5.73 Å². The van der Waals surface area contributed by atoms with E-state index in [4.69, 9.17) is 10.3 Å². The number of benzene rings is 1. The van der Waals surface area contributed by atoms with E-state index < -0.39 is 5.54 Å². The standard InChI is InChI=1S/C16H21N3O/c1-2-12-6-8-13(9-7-12)14-18-15(20-19-14)16(17)10-4-3-5-11-16/h6-9H,2-5,10-11,17H2,1H3. The van der Waals surface area contributed by atoms with E-state index in [0.29, 0.717) is 11.7 Å². The van der Waals surface area contributed by atoms with Gasteiger partial charge in [0.15, 0.2) is 0 Å². The van der Waals surface area contributed by atoms with Crippen molar-refractivity contribution in [1.82, 2.24) is 10.1 Å². The third-order valence-corrected chi connectivity index (χ3v) is 4.22. The minimum Gasteiger partial charge on any atom is -0.337 e. The summed E-state index contributed by atoms with van der Waals surface area (Å²) in [7, 11) is 0. The lowest BCUT2D eigenvalue weighted by Crippen LogP contribution is -2.38. The molecule has 1 aliphatic rings. The molecule has 0 amide bonds. The Hall–Kier alpha value is -1.68. The Morgan fingerprint density at radius 3 is 2.50 bits per heavy atom. The Kier molecular flexibility index (Phi) is 3.57. The van der Waals surface area contributed by atoms with E-state index in [1.165, 1.54) is 12.0 Å². The molecule has 0 bridgehead atoms. The van der Waals surface area contributed by atoms with E-state index in [2.05, 4.69) is 29.2 Å². The molecule has 20 heavy (non-hydrogen) atoms. The molecule has 0 spiro atoms. The average Bonchev–Trinajstić information content (AvgIpc) is 2.99. The first-order valence-corrected chi connectivity index (χ1v) is 7.44. The molecule has 0 unspecified atom stereocenters. The minimum absolute atomic E-state index is 0.424. The summed E-state index contributed by atoms with van der Waals surface area (Å²) < 4.78 is 5.43. The highest BCUT2D eigenvalue weighted by Gasteiger charge is 2.35. The van der Waals surface area contributed by atoms with Crippen LogP contribution in [0.4, 0.5) is 0 Å². The van der Waals surface area contributed by atoms with E-state index in [-0.39, 0.29) is 0 Å². The zero-order valence-corrected chi connectivity index (χ0v) is 11.9. The molecule has 0 atom stereocenters. The zero-order valence-electron chi connectivity index (χ0n) is 11.9. The summed E-state index contributed by atoms with van der Waals surface area (Å²) in [5.74, 6) is 1.23. The minimum atomic E-state index is -0.424. The van der Waals surface area contributed by atoms with Crippen molar-refractivity contribution in [3.8, 4) is 11.4 Å². The summed E-state index contributed by atoms with van der Waals surface area (Å²) in [6.07, 6.45) is 6.42. The van der Waals surface area contributed by atoms with Crippen LogP contribution in [0, 0.1) is 0 Å². The van der Waals surface area contributed by atoms with Gasteiger partial charge in [-0.1, -0.05) is 55.6 Å². The van der Waals surface area contributed by atoms with Gasteiger partial charge >= 0.3 is 0 Å². The van der Waals surface area contributed by atoms with Gasteiger partial charge in [-0.15, -0.1) is 0 Å². The summed E-state index contributed by atoms with van der Waals surface area (Å²) in [4.78, 5) is 4.53. The fourth-order valence-electron chi connectivity index (χ4n) is 2.83. The summed E-state index contributed by atoms with van der Waals surface area (Å²) >= 11 is 0. The molecule has 1 aromatic carbocycles. The number of hydrogen-bond donors (Lipinski definition) is 1. The van der Waals surface area contributed by atoms with Gasteiger partial charge in [0.25, 0.3) is 0 Å². The van der Waals surface area contributed by atoms with E-state index in [9.17, 15) is 0 Å². The molecule has 2 aromatic rings. The second-order valence-corrected chi connectivity index (χ2v) is 5.69. The van der Waals surface area contributed by atoms with E-state index in [1.54, 1.807) is 0 Å². The number of nitrogens with zero attached hydrogens (tertiary/aromatic N) is 2. The van der Waals surface area contributed by atoms with Crippen LogP contribution in [0.1, 0.15) is 50.5 Å². The summed E-state index contributed by atoms with van der Waals surface area (Å²) in [5, 5.41) is 4.10. The fourth-order valence-corrected chi connectivity index (χ4v) is 2.83. The van der Waals surface area contributed by atoms with E-state index >= 15 is 0 Å². The normalized spacial score (nSPS) is 18.1. The predicted molar refractivity (Wildman–Crippen MR) is 78.1 cm³/mol. The quantitative estimate of drug-likeness (QED) is 0.929. The van der Waals surface area contributed by atoms with Crippen LogP contribution in [0.25, 0.3) is 11.4 Å². The van der Waals surface area contributed by atoms with Crippen molar-refractivity contribution >= 4 is 0 Å². The SMILES string of the molecule is CCc1ccc(-c2noc(C3(N)CCCCC3)n2)cc1. The predicted octanol–water partition coefficient (Wildman–Crippen LogP) is 3.42. The van der Waals surface area contributed by atoms with Gasteiger partial charge in [-0.05, 0) is 24.8 Å². The van der Waals surface area contributed by atoms with Gasteiger partial charge in [-0.2, -0.15) is 4.98 Å². The Labute approximate surface area is 119 Å². The molecule has 1 heterocycles. The van der Waals surface area contributed by atoms with Crippen molar-refractivity contribution in [2.45, 2.75) is 51.0 Å². The molecule has 0 saturated heterocycles. The Balaban J connectivity index is 1.85. The monoisotopic (exact) mass is 271 g/mol. The first-order valence-electron chi connectivity index (χ1n) is 7.44. The second kappa shape index (κ2) is 5.37. The second-order valence-electron chi connectivity index (χ2n) is 5.69. The number of hydrogen-bond acceptors (Lipinski definition) is 4.